The summed E-state index contributed by atoms with van der Waals surface area (Å²) in [5, 5.41) is 0. The molecule has 1 atom stereocenters. The molecule has 8 nitrogen and oxygen atoms in total. The van der Waals surface area contributed by atoms with Crippen LogP contribution in [0, 0.1) is 5.82 Å². The number of hydrogen-bond acceptors (Lipinski definition) is 5. The SMILES string of the molecule is NC(=O)C[C@@]1(COc2ccc(F)cc2)CN(C(=O)c2ccc3nc[nH]c3c2)CCO1. The van der Waals surface area contributed by atoms with Crippen LogP contribution in [-0.2, 0) is 9.53 Å². The number of nitrogens with zero attached hydrogens (tertiary/aromatic N) is 2. The molecule has 1 aliphatic heterocycles. The molecule has 1 aromatic heterocycles. The third-order valence-corrected chi connectivity index (χ3v) is 5.01. The van der Waals surface area contributed by atoms with Gasteiger partial charge in [-0.25, -0.2) is 9.37 Å². The number of morpholine rings is 1. The summed E-state index contributed by atoms with van der Waals surface area (Å²) >= 11 is 0. The van der Waals surface area contributed by atoms with Gasteiger partial charge in [-0.05, 0) is 42.5 Å². The van der Waals surface area contributed by atoms with E-state index < -0.39 is 11.5 Å². The number of H-pyrrole nitrogens is 1. The number of nitrogens with one attached hydrogen (secondary N) is 1. The fourth-order valence-electron chi connectivity index (χ4n) is 3.58. The molecule has 0 aliphatic carbocycles. The number of primary amides is 1. The lowest BCUT2D eigenvalue weighted by Gasteiger charge is -2.42. The Kier molecular flexibility index (Phi) is 5.37. The second kappa shape index (κ2) is 8.11. The molecule has 3 N–H and O–H groups in total. The molecular formula is C21H21FN4O4. The number of aromatic nitrogens is 2. The zero-order valence-electron chi connectivity index (χ0n) is 16.1. The highest BCUT2D eigenvalue weighted by atomic mass is 19.1. The maximum atomic E-state index is 13.1. The Morgan fingerprint density at radius 3 is 2.83 bits per heavy atom. The van der Waals surface area contributed by atoms with Crippen LogP contribution in [0.3, 0.4) is 0 Å². The van der Waals surface area contributed by atoms with Gasteiger partial charge >= 0.3 is 0 Å². The number of carbonyl (C=O) groups excluding carboxylic acids is 2. The predicted molar refractivity (Wildman–Crippen MR) is 106 cm³/mol. The zero-order valence-corrected chi connectivity index (χ0v) is 16.1. The maximum Gasteiger partial charge on any atom is 0.254 e. The fourth-order valence-corrected chi connectivity index (χ4v) is 3.58. The molecule has 0 unspecified atom stereocenters. The minimum atomic E-state index is -1.09. The quantitative estimate of drug-likeness (QED) is 0.642. The van der Waals surface area contributed by atoms with Crippen molar-refractivity contribution in [1.82, 2.24) is 14.9 Å². The van der Waals surface area contributed by atoms with Crippen LogP contribution in [0.2, 0.25) is 0 Å². The average Bonchev–Trinajstić information content (AvgIpc) is 3.20. The van der Waals surface area contributed by atoms with Gasteiger partial charge in [0.15, 0.2) is 0 Å². The first-order valence-corrected chi connectivity index (χ1v) is 9.47. The first-order chi connectivity index (χ1) is 14.4. The highest BCUT2D eigenvalue weighted by Crippen LogP contribution is 2.26. The maximum absolute atomic E-state index is 13.1. The van der Waals surface area contributed by atoms with Crippen molar-refractivity contribution in [2.75, 3.05) is 26.3 Å². The lowest BCUT2D eigenvalue weighted by Crippen LogP contribution is -2.58. The second-order valence-electron chi connectivity index (χ2n) is 7.28. The van der Waals surface area contributed by atoms with Crippen molar-refractivity contribution in [2.24, 2.45) is 5.73 Å². The predicted octanol–water partition coefficient (Wildman–Crippen LogP) is 1.87. The minimum Gasteiger partial charge on any atom is -0.490 e. The molecule has 2 aromatic carbocycles. The number of halogens is 1. The molecule has 30 heavy (non-hydrogen) atoms. The number of benzene rings is 2. The number of hydrogen-bond donors (Lipinski definition) is 2. The summed E-state index contributed by atoms with van der Waals surface area (Å²) in [5.41, 5.74) is 6.38. The van der Waals surface area contributed by atoms with E-state index in [1.165, 1.54) is 24.3 Å². The lowest BCUT2D eigenvalue weighted by atomic mass is 9.97. The number of amides is 2. The lowest BCUT2D eigenvalue weighted by molar-refractivity contribution is -0.142. The average molecular weight is 412 g/mol. The van der Waals surface area contributed by atoms with E-state index in [-0.39, 0.29) is 37.9 Å². The van der Waals surface area contributed by atoms with E-state index >= 15 is 0 Å². The molecule has 2 heterocycles. The summed E-state index contributed by atoms with van der Waals surface area (Å²) in [6.07, 6.45) is 1.45. The topological polar surface area (TPSA) is 111 Å². The largest absolute Gasteiger partial charge is 0.490 e. The van der Waals surface area contributed by atoms with Crippen molar-refractivity contribution in [3.05, 3.63) is 60.2 Å². The number of fused-ring (bicyclic) bond motifs is 1. The number of aromatic amines is 1. The van der Waals surface area contributed by atoms with Gasteiger partial charge in [0.05, 0.1) is 36.9 Å². The molecule has 1 saturated heterocycles. The Labute approximate surface area is 171 Å². The van der Waals surface area contributed by atoms with E-state index in [4.69, 9.17) is 15.2 Å². The number of rotatable bonds is 6. The molecule has 2 amide bonds. The summed E-state index contributed by atoms with van der Waals surface area (Å²) in [6, 6.07) is 10.8. The summed E-state index contributed by atoms with van der Waals surface area (Å²) in [7, 11) is 0. The van der Waals surface area contributed by atoms with E-state index in [1.807, 2.05) is 0 Å². The minimum absolute atomic E-state index is 0.00899. The fraction of sp³-hybridized carbons (Fsp3) is 0.286. The Hall–Kier alpha value is -3.46. The Morgan fingerprint density at radius 2 is 2.07 bits per heavy atom. The molecule has 3 aromatic rings. The molecule has 0 spiro atoms. The number of carbonyl (C=O) groups is 2. The molecule has 0 radical (unpaired) electrons. The van der Waals surface area contributed by atoms with Gasteiger partial charge in [0, 0.05) is 12.1 Å². The third kappa shape index (κ3) is 4.25. The summed E-state index contributed by atoms with van der Waals surface area (Å²) in [5.74, 6) is -0.706. The molecule has 156 valence electrons. The van der Waals surface area contributed by atoms with Crippen molar-refractivity contribution in [1.29, 1.82) is 0 Å². The van der Waals surface area contributed by atoms with E-state index in [2.05, 4.69) is 9.97 Å². The molecule has 0 bridgehead atoms. The Balaban J connectivity index is 1.52. The normalized spacial score (nSPS) is 19.0. The molecule has 1 aliphatic rings. The number of imidazole rings is 1. The summed E-state index contributed by atoms with van der Waals surface area (Å²) < 4.78 is 24.7. The second-order valence-corrected chi connectivity index (χ2v) is 7.28. The van der Waals surface area contributed by atoms with Gasteiger partial charge < -0.3 is 25.1 Å². The molecule has 0 saturated carbocycles. The van der Waals surface area contributed by atoms with Crippen molar-refractivity contribution in [3.8, 4) is 5.75 Å². The van der Waals surface area contributed by atoms with Crippen molar-refractivity contribution in [3.63, 3.8) is 0 Å². The molecule has 1 fully saturated rings. The van der Waals surface area contributed by atoms with Crippen LogP contribution in [-0.4, -0.2) is 58.6 Å². The number of nitrogens with two attached hydrogens (primary N) is 1. The first-order valence-electron chi connectivity index (χ1n) is 9.47. The third-order valence-electron chi connectivity index (χ3n) is 5.01. The Morgan fingerprint density at radius 1 is 1.27 bits per heavy atom. The molecule has 4 rings (SSSR count). The van der Waals surface area contributed by atoms with Crippen LogP contribution in [0.15, 0.2) is 48.8 Å². The smallest absolute Gasteiger partial charge is 0.254 e. The van der Waals surface area contributed by atoms with E-state index in [1.54, 1.807) is 29.4 Å². The van der Waals surface area contributed by atoms with Crippen LogP contribution in [0.5, 0.6) is 5.75 Å². The monoisotopic (exact) mass is 412 g/mol. The molecule has 9 heteroatoms. The van der Waals surface area contributed by atoms with Gasteiger partial charge in [-0.1, -0.05) is 0 Å². The van der Waals surface area contributed by atoms with Crippen LogP contribution in [0.4, 0.5) is 4.39 Å². The van der Waals surface area contributed by atoms with E-state index in [9.17, 15) is 14.0 Å². The van der Waals surface area contributed by atoms with E-state index in [0.29, 0.717) is 17.9 Å². The van der Waals surface area contributed by atoms with Gasteiger partial charge in [-0.2, -0.15) is 0 Å². The van der Waals surface area contributed by atoms with Crippen LogP contribution >= 0.6 is 0 Å². The van der Waals surface area contributed by atoms with Crippen LogP contribution in [0.25, 0.3) is 11.0 Å². The van der Waals surface area contributed by atoms with Gasteiger partial charge in [0.1, 0.15) is 23.8 Å². The zero-order chi connectivity index (χ0) is 21.1. The highest BCUT2D eigenvalue weighted by molar-refractivity contribution is 5.97. The van der Waals surface area contributed by atoms with Crippen molar-refractivity contribution >= 4 is 22.8 Å². The van der Waals surface area contributed by atoms with Gasteiger partial charge in [-0.15, -0.1) is 0 Å². The van der Waals surface area contributed by atoms with Crippen LogP contribution in [0.1, 0.15) is 16.8 Å². The Bertz CT molecular complexity index is 1070. The number of ether oxygens (including phenoxy) is 2. The van der Waals surface area contributed by atoms with E-state index in [0.717, 1.165) is 11.0 Å². The highest BCUT2D eigenvalue weighted by Gasteiger charge is 2.41. The van der Waals surface area contributed by atoms with Crippen molar-refractivity contribution < 1.29 is 23.5 Å². The van der Waals surface area contributed by atoms with Gasteiger partial charge in [-0.3, -0.25) is 9.59 Å². The van der Waals surface area contributed by atoms with Gasteiger partial charge in [0.2, 0.25) is 5.91 Å². The first kappa shape index (κ1) is 19.8. The van der Waals surface area contributed by atoms with Crippen LogP contribution < -0.4 is 10.5 Å². The van der Waals surface area contributed by atoms with Gasteiger partial charge in [0.25, 0.3) is 5.91 Å². The standard InChI is InChI=1S/C21H21FN4O4/c22-15-2-4-16(5-3-15)29-12-21(10-19(23)27)11-26(7-8-30-21)20(28)14-1-6-17-18(9-14)25-13-24-17/h1-6,9,13H,7-8,10-12H2,(H2,23,27)(H,24,25)/t21-/m0/s1. The molecular weight excluding hydrogens is 391 g/mol. The summed E-state index contributed by atoms with van der Waals surface area (Å²) in [6.45, 7) is 0.733. The summed E-state index contributed by atoms with van der Waals surface area (Å²) in [4.78, 5) is 33.6. The van der Waals surface area contributed by atoms with Crippen molar-refractivity contribution in [2.45, 2.75) is 12.0 Å².